The van der Waals surface area contributed by atoms with Crippen LogP contribution in [0.1, 0.15) is 15.9 Å². The lowest BCUT2D eigenvalue weighted by Gasteiger charge is -2.11. The van der Waals surface area contributed by atoms with E-state index in [4.69, 9.17) is 0 Å². The SMILES string of the molecule is O=C(Cc1ccccc1)Nc1scc(-c2ccccc2)c1C(=O)Nc1ccccc1F. The van der Waals surface area contributed by atoms with Crippen LogP contribution in [-0.2, 0) is 11.2 Å². The monoisotopic (exact) mass is 430 g/mol. The number of rotatable bonds is 6. The Hall–Kier alpha value is -3.77. The van der Waals surface area contributed by atoms with Crippen molar-refractivity contribution in [3.63, 3.8) is 0 Å². The number of amides is 2. The van der Waals surface area contributed by atoms with E-state index >= 15 is 0 Å². The van der Waals surface area contributed by atoms with E-state index < -0.39 is 11.7 Å². The van der Waals surface area contributed by atoms with Gasteiger partial charge in [0.1, 0.15) is 10.8 Å². The van der Waals surface area contributed by atoms with Crippen molar-refractivity contribution in [2.45, 2.75) is 6.42 Å². The molecule has 2 N–H and O–H groups in total. The fourth-order valence-electron chi connectivity index (χ4n) is 3.20. The molecule has 0 bridgehead atoms. The molecule has 0 radical (unpaired) electrons. The van der Waals surface area contributed by atoms with Crippen molar-refractivity contribution in [1.29, 1.82) is 0 Å². The molecule has 4 rings (SSSR count). The average molecular weight is 431 g/mol. The predicted molar refractivity (Wildman–Crippen MR) is 123 cm³/mol. The fraction of sp³-hybridized carbons (Fsp3) is 0.0400. The van der Waals surface area contributed by atoms with Crippen molar-refractivity contribution in [3.05, 3.63) is 107 Å². The Balaban J connectivity index is 1.65. The highest BCUT2D eigenvalue weighted by atomic mass is 32.1. The quantitative estimate of drug-likeness (QED) is 0.395. The number of carbonyl (C=O) groups is 2. The summed E-state index contributed by atoms with van der Waals surface area (Å²) in [6, 6.07) is 24.8. The summed E-state index contributed by atoms with van der Waals surface area (Å²) in [4.78, 5) is 25.8. The molecule has 0 spiro atoms. The van der Waals surface area contributed by atoms with E-state index in [0.717, 1.165) is 11.1 Å². The molecule has 0 unspecified atom stereocenters. The molecule has 1 heterocycles. The number of hydrogen-bond donors (Lipinski definition) is 2. The lowest BCUT2D eigenvalue weighted by Crippen LogP contribution is -2.19. The smallest absolute Gasteiger partial charge is 0.259 e. The second-order valence-electron chi connectivity index (χ2n) is 6.86. The van der Waals surface area contributed by atoms with Gasteiger partial charge in [-0.1, -0.05) is 72.8 Å². The molecule has 154 valence electrons. The van der Waals surface area contributed by atoms with Crippen LogP contribution >= 0.6 is 11.3 Å². The molecule has 0 fully saturated rings. The zero-order valence-corrected chi connectivity index (χ0v) is 17.3. The molecule has 31 heavy (non-hydrogen) atoms. The first kappa shape index (κ1) is 20.5. The molecule has 4 nitrogen and oxygen atoms in total. The number of halogens is 1. The summed E-state index contributed by atoms with van der Waals surface area (Å²) < 4.78 is 14.1. The summed E-state index contributed by atoms with van der Waals surface area (Å²) in [5.41, 5.74) is 2.77. The molecular formula is C25H19FN2O2S. The summed E-state index contributed by atoms with van der Waals surface area (Å²) >= 11 is 1.27. The maximum absolute atomic E-state index is 14.1. The van der Waals surface area contributed by atoms with Crippen LogP contribution in [0.2, 0.25) is 0 Å². The first-order chi connectivity index (χ1) is 15.1. The van der Waals surface area contributed by atoms with Gasteiger partial charge >= 0.3 is 0 Å². The maximum Gasteiger partial charge on any atom is 0.259 e. The topological polar surface area (TPSA) is 58.2 Å². The molecule has 6 heteroatoms. The van der Waals surface area contributed by atoms with Crippen LogP contribution in [0, 0.1) is 5.82 Å². The first-order valence-corrected chi connectivity index (χ1v) is 10.6. The number of anilines is 2. The van der Waals surface area contributed by atoms with E-state index in [0.29, 0.717) is 16.1 Å². The number of nitrogens with one attached hydrogen (secondary N) is 2. The van der Waals surface area contributed by atoms with Crippen molar-refractivity contribution in [2.24, 2.45) is 0 Å². The van der Waals surface area contributed by atoms with Crippen LogP contribution in [0.3, 0.4) is 0 Å². The molecule has 0 aliphatic rings. The second-order valence-corrected chi connectivity index (χ2v) is 7.74. The van der Waals surface area contributed by atoms with Crippen molar-refractivity contribution in [3.8, 4) is 11.1 Å². The Labute approximate surface area is 183 Å². The van der Waals surface area contributed by atoms with Crippen LogP contribution in [0.5, 0.6) is 0 Å². The van der Waals surface area contributed by atoms with E-state index in [2.05, 4.69) is 10.6 Å². The summed E-state index contributed by atoms with van der Waals surface area (Å²) in [6.45, 7) is 0. The fourth-order valence-corrected chi connectivity index (χ4v) is 4.19. The molecule has 0 aliphatic carbocycles. The Kier molecular flexibility index (Phi) is 6.19. The number of hydrogen-bond acceptors (Lipinski definition) is 3. The third-order valence-corrected chi connectivity index (χ3v) is 5.58. The molecule has 0 aliphatic heterocycles. The molecule has 1 aromatic heterocycles. The van der Waals surface area contributed by atoms with Gasteiger partial charge < -0.3 is 10.6 Å². The summed E-state index contributed by atoms with van der Waals surface area (Å²) in [6.07, 6.45) is 0.188. The van der Waals surface area contributed by atoms with Crippen LogP contribution in [-0.4, -0.2) is 11.8 Å². The highest BCUT2D eigenvalue weighted by Gasteiger charge is 2.22. The normalized spacial score (nSPS) is 10.5. The van der Waals surface area contributed by atoms with Gasteiger partial charge in [-0.3, -0.25) is 9.59 Å². The highest BCUT2D eigenvalue weighted by Crippen LogP contribution is 2.36. The minimum absolute atomic E-state index is 0.0827. The number of carbonyl (C=O) groups excluding carboxylic acids is 2. The molecular weight excluding hydrogens is 411 g/mol. The largest absolute Gasteiger partial charge is 0.319 e. The average Bonchev–Trinajstić information content (AvgIpc) is 3.20. The van der Waals surface area contributed by atoms with Gasteiger partial charge in [-0.2, -0.15) is 0 Å². The molecule has 0 saturated carbocycles. The Bertz CT molecular complexity index is 1210. The van der Waals surface area contributed by atoms with Crippen LogP contribution in [0.25, 0.3) is 11.1 Å². The summed E-state index contributed by atoms with van der Waals surface area (Å²) in [7, 11) is 0. The molecule has 3 aromatic carbocycles. The van der Waals surface area contributed by atoms with Gasteiger partial charge in [0.25, 0.3) is 5.91 Å². The molecule has 0 saturated heterocycles. The van der Waals surface area contributed by atoms with Crippen molar-refractivity contribution in [1.82, 2.24) is 0 Å². The van der Waals surface area contributed by atoms with Crippen LogP contribution < -0.4 is 10.6 Å². The van der Waals surface area contributed by atoms with Crippen molar-refractivity contribution < 1.29 is 14.0 Å². The zero-order chi connectivity index (χ0) is 21.6. The number of thiophene rings is 1. The van der Waals surface area contributed by atoms with E-state index in [1.54, 1.807) is 12.1 Å². The van der Waals surface area contributed by atoms with E-state index in [9.17, 15) is 14.0 Å². The predicted octanol–water partition coefficient (Wildman–Crippen LogP) is 5.99. The second kappa shape index (κ2) is 9.36. The minimum atomic E-state index is -0.526. The Morgan fingerprint density at radius 1 is 0.806 bits per heavy atom. The van der Waals surface area contributed by atoms with E-state index in [1.807, 2.05) is 66.0 Å². The summed E-state index contributed by atoms with van der Waals surface area (Å²) in [5, 5.41) is 7.73. The lowest BCUT2D eigenvalue weighted by atomic mass is 10.0. The van der Waals surface area contributed by atoms with Gasteiger partial charge in [0.05, 0.1) is 17.7 Å². The van der Waals surface area contributed by atoms with Gasteiger partial charge in [-0.15, -0.1) is 11.3 Å². The van der Waals surface area contributed by atoms with Gasteiger partial charge in [-0.05, 0) is 23.3 Å². The number of benzene rings is 3. The standard InChI is InChI=1S/C25H19FN2O2S/c26-20-13-7-8-14-21(20)27-24(30)23-19(18-11-5-2-6-12-18)16-31-25(23)28-22(29)15-17-9-3-1-4-10-17/h1-14,16H,15H2,(H,27,30)(H,28,29). The van der Waals surface area contributed by atoms with Crippen molar-refractivity contribution >= 4 is 33.8 Å². The lowest BCUT2D eigenvalue weighted by molar-refractivity contribution is -0.115. The van der Waals surface area contributed by atoms with Gasteiger partial charge in [0, 0.05) is 10.9 Å². The van der Waals surface area contributed by atoms with Gasteiger partial charge in [0.2, 0.25) is 5.91 Å². The summed E-state index contributed by atoms with van der Waals surface area (Å²) in [5.74, 6) is -1.24. The van der Waals surface area contributed by atoms with Crippen LogP contribution in [0.15, 0.2) is 90.3 Å². The highest BCUT2D eigenvalue weighted by molar-refractivity contribution is 7.15. The van der Waals surface area contributed by atoms with E-state index in [-0.39, 0.29) is 18.0 Å². The molecule has 4 aromatic rings. The number of para-hydroxylation sites is 1. The van der Waals surface area contributed by atoms with Crippen molar-refractivity contribution in [2.75, 3.05) is 10.6 Å². The Morgan fingerprint density at radius 2 is 1.45 bits per heavy atom. The van der Waals surface area contributed by atoms with E-state index in [1.165, 1.54) is 23.5 Å². The maximum atomic E-state index is 14.1. The van der Waals surface area contributed by atoms with Gasteiger partial charge in [-0.25, -0.2) is 4.39 Å². The minimum Gasteiger partial charge on any atom is -0.319 e. The third kappa shape index (κ3) is 4.87. The molecule has 2 amide bonds. The zero-order valence-electron chi connectivity index (χ0n) is 16.5. The molecule has 0 atom stereocenters. The Morgan fingerprint density at radius 3 is 2.16 bits per heavy atom. The van der Waals surface area contributed by atoms with Gasteiger partial charge in [0.15, 0.2) is 0 Å². The third-order valence-electron chi connectivity index (χ3n) is 4.69. The first-order valence-electron chi connectivity index (χ1n) is 9.68. The van der Waals surface area contributed by atoms with Crippen LogP contribution in [0.4, 0.5) is 15.1 Å².